The van der Waals surface area contributed by atoms with E-state index in [0.29, 0.717) is 0 Å². The third-order valence-corrected chi connectivity index (χ3v) is 2.86. The van der Waals surface area contributed by atoms with E-state index in [1.807, 2.05) is 0 Å². The monoisotopic (exact) mass is 162 g/mol. The van der Waals surface area contributed by atoms with Crippen LogP contribution < -0.4 is 5.73 Å². The summed E-state index contributed by atoms with van der Waals surface area (Å²) in [6, 6.07) is 0. The van der Waals surface area contributed by atoms with Gasteiger partial charge in [-0.3, -0.25) is 4.90 Å². The highest BCUT2D eigenvalue weighted by molar-refractivity contribution is 8.00. The van der Waals surface area contributed by atoms with Crippen molar-refractivity contribution in [2.45, 2.75) is 19.2 Å². The lowest BCUT2D eigenvalue weighted by Crippen LogP contribution is -2.25. The molecule has 1 aliphatic rings. The second-order valence-electron chi connectivity index (χ2n) is 2.10. The van der Waals surface area contributed by atoms with E-state index in [-0.39, 0.29) is 0 Å². The molecule has 2 N–H and O–H groups in total. The Morgan fingerprint density at radius 3 is 2.40 bits per heavy atom. The van der Waals surface area contributed by atoms with Crippen molar-refractivity contribution in [2.24, 2.45) is 5.73 Å². The van der Waals surface area contributed by atoms with Gasteiger partial charge in [0.1, 0.15) is 0 Å². The Hall–Kier alpha value is 0.270. The first-order chi connectivity index (χ1) is 4.84. The summed E-state index contributed by atoms with van der Waals surface area (Å²) in [7, 11) is 1.50. The van der Waals surface area contributed by atoms with Gasteiger partial charge in [-0.25, -0.2) is 0 Å². The summed E-state index contributed by atoms with van der Waals surface area (Å²) in [6.45, 7) is 7.01. The zero-order chi connectivity index (χ0) is 7.98. The van der Waals surface area contributed by atoms with Gasteiger partial charge < -0.3 is 5.73 Å². The molecule has 1 unspecified atom stereocenters. The van der Waals surface area contributed by atoms with Gasteiger partial charge in [0.25, 0.3) is 0 Å². The third-order valence-electron chi connectivity index (χ3n) is 1.66. The molecule has 0 aromatic rings. The van der Waals surface area contributed by atoms with Gasteiger partial charge in [0.2, 0.25) is 0 Å². The van der Waals surface area contributed by atoms with Crippen LogP contribution in [0.25, 0.3) is 0 Å². The quantitative estimate of drug-likeness (QED) is 0.623. The highest BCUT2D eigenvalue weighted by Gasteiger charge is 2.17. The fourth-order valence-corrected chi connectivity index (χ4v) is 2.19. The fraction of sp³-hybridized carbons (Fsp3) is 1.00. The molecular formula is C7H18N2S. The Labute approximate surface area is 68.2 Å². The Kier molecular flexibility index (Phi) is 6.17. The average Bonchev–Trinajstić information content (AvgIpc) is 2.39. The Morgan fingerprint density at radius 1 is 1.60 bits per heavy atom. The van der Waals surface area contributed by atoms with E-state index in [0.717, 1.165) is 5.37 Å². The molecule has 0 amide bonds. The minimum atomic E-state index is 0.778. The van der Waals surface area contributed by atoms with Gasteiger partial charge in [0.15, 0.2) is 0 Å². The van der Waals surface area contributed by atoms with Crippen LogP contribution in [-0.4, -0.2) is 36.2 Å². The number of hydrogen-bond acceptors (Lipinski definition) is 3. The van der Waals surface area contributed by atoms with Crippen LogP contribution in [0.4, 0.5) is 0 Å². The van der Waals surface area contributed by atoms with Crippen LogP contribution in [0.3, 0.4) is 0 Å². The van der Waals surface area contributed by atoms with Crippen molar-refractivity contribution in [3.05, 3.63) is 0 Å². The molecule has 0 aromatic heterocycles. The molecule has 0 aromatic carbocycles. The van der Waals surface area contributed by atoms with E-state index >= 15 is 0 Å². The van der Waals surface area contributed by atoms with Crippen molar-refractivity contribution >= 4 is 11.8 Å². The van der Waals surface area contributed by atoms with Crippen LogP contribution in [0.2, 0.25) is 0 Å². The Morgan fingerprint density at radius 2 is 2.20 bits per heavy atom. The highest BCUT2D eigenvalue weighted by Crippen LogP contribution is 2.21. The number of nitrogens with zero attached hydrogens (tertiary/aromatic N) is 1. The molecule has 1 saturated heterocycles. The molecule has 3 heteroatoms. The number of thioether (sulfide) groups is 1. The van der Waals surface area contributed by atoms with Gasteiger partial charge >= 0.3 is 0 Å². The average molecular weight is 162 g/mol. The van der Waals surface area contributed by atoms with Gasteiger partial charge in [-0.15, -0.1) is 11.8 Å². The zero-order valence-electron chi connectivity index (χ0n) is 7.13. The minimum Gasteiger partial charge on any atom is -0.333 e. The van der Waals surface area contributed by atoms with E-state index in [2.05, 4.69) is 36.2 Å². The van der Waals surface area contributed by atoms with E-state index in [4.69, 9.17) is 0 Å². The lowest BCUT2D eigenvalue weighted by molar-refractivity contribution is 0.316. The molecule has 1 fully saturated rings. The summed E-state index contributed by atoms with van der Waals surface area (Å²) in [5.41, 5.74) is 4.50. The predicted molar refractivity (Wildman–Crippen MR) is 49.3 cm³/mol. The summed E-state index contributed by atoms with van der Waals surface area (Å²) in [4.78, 5) is 2.49. The topological polar surface area (TPSA) is 29.3 Å². The molecule has 0 radical (unpaired) electrons. The summed E-state index contributed by atoms with van der Waals surface area (Å²) in [5, 5.41) is 0.778. The fourth-order valence-electron chi connectivity index (χ4n) is 1.04. The van der Waals surface area contributed by atoms with E-state index < -0.39 is 0 Å². The Bertz CT molecular complexity index is 78.0. The van der Waals surface area contributed by atoms with Crippen LogP contribution in [0.1, 0.15) is 13.8 Å². The van der Waals surface area contributed by atoms with Gasteiger partial charge in [-0.1, -0.05) is 6.92 Å². The molecule has 0 saturated carbocycles. The maximum Gasteiger partial charge on any atom is 0.0529 e. The number of hydrogen-bond donors (Lipinski definition) is 1. The van der Waals surface area contributed by atoms with Crippen molar-refractivity contribution in [2.75, 3.05) is 25.9 Å². The Balaban J connectivity index is 0.000000371. The van der Waals surface area contributed by atoms with Gasteiger partial charge in [-0.05, 0) is 20.5 Å². The number of nitrogens with two attached hydrogens (primary N) is 1. The SMILES string of the molecule is CCN1CCSC1C.CN. The summed E-state index contributed by atoms with van der Waals surface area (Å²) < 4.78 is 0. The van der Waals surface area contributed by atoms with E-state index in [1.165, 1.54) is 25.9 Å². The number of rotatable bonds is 1. The molecule has 1 aliphatic heterocycles. The normalized spacial score (nSPS) is 25.8. The van der Waals surface area contributed by atoms with Crippen molar-refractivity contribution in [1.29, 1.82) is 0 Å². The van der Waals surface area contributed by atoms with Gasteiger partial charge in [-0.2, -0.15) is 0 Å². The molecule has 0 aliphatic carbocycles. The lowest BCUT2D eigenvalue weighted by Gasteiger charge is -2.16. The van der Waals surface area contributed by atoms with Crippen LogP contribution in [0.5, 0.6) is 0 Å². The van der Waals surface area contributed by atoms with Crippen molar-refractivity contribution in [3.63, 3.8) is 0 Å². The van der Waals surface area contributed by atoms with Gasteiger partial charge in [0.05, 0.1) is 5.37 Å². The first-order valence-corrected chi connectivity index (χ1v) is 4.83. The summed E-state index contributed by atoms with van der Waals surface area (Å²) >= 11 is 2.06. The van der Waals surface area contributed by atoms with Crippen LogP contribution in [0, 0.1) is 0 Å². The van der Waals surface area contributed by atoms with Crippen molar-refractivity contribution in [3.8, 4) is 0 Å². The summed E-state index contributed by atoms with van der Waals surface area (Å²) in [5.74, 6) is 1.33. The highest BCUT2D eigenvalue weighted by atomic mass is 32.2. The maximum absolute atomic E-state index is 4.50. The first kappa shape index (κ1) is 10.3. The second-order valence-corrected chi connectivity index (χ2v) is 3.52. The molecule has 2 nitrogen and oxygen atoms in total. The lowest BCUT2D eigenvalue weighted by atomic mass is 10.5. The molecular weight excluding hydrogens is 144 g/mol. The minimum absolute atomic E-state index is 0.778. The zero-order valence-corrected chi connectivity index (χ0v) is 7.95. The van der Waals surface area contributed by atoms with E-state index in [9.17, 15) is 0 Å². The molecule has 62 valence electrons. The summed E-state index contributed by atoms with van der Waals surface area (Å²) in [6.07, 6.45) is 0. The molecule has 1 rings (SSSR count). The first-order valence-electron chi connectivity index (χ1n) is 3.78. The molecule has 0 spiro atoms. The standard InChI is InChI=1S/C6H13NS.CH5N/c1-3-7-4-5-8-6(7)2;1-2/h6H,3-5H2,1-2H3;2H2,1H3. The second kappa shape index (κ2) is 6.01. The van der Waals surface area contributed by atoms with Crippen molar-refractivity contribution in [1.82, 2.24) is 4.90 Å². The van der Waals surface area contributed by atoms with Gasteiger partial charge in [0, 0.05) is 12.3 Å². The van der Waals surface area contributed by atoms with E-state index in [1.54, 1.807) is 0 Å². The largest absolute Gasteiger partial charge is 0.333 e. The molecule has 1 atom stereocenters. The smallest absolute Gasteiger partial charge is 0.0529 e. The molecule has 1 heterocycles. The predicted octanol–water partition coefficient (Wildman–Crippen LogP) is 0.976. The van der Waals surface area contributed by atoms with Crippen LogP contribution in [-0.2, 0) is 0 Å². The van der Waals surface area contributed by atoms with Crippen LogP contribution >= 0.6 is 11.8 Å². The molecule has 10 heavy (non-hydrogen) atoms. The maximum atomic E-state index is 4.50. The van der Waals surface area contributed by atoms with Crippen LogP contribution in [0.15, 0.2) is 0 Å². The third kappa shape index (κ3) is 2.90. The molecule has 0 bridgehead atoms. The van der Waals surface area contributed by atoms with Crippen molar-refractivity contribution < 1.29 is 0 Å².